The summed E-state index contributed by atoms with van der Waals surface area (Å²) in [5.74, 6) is -0.140. The van der Waals surface area contributed by atoms with Gasteiger partial charge in [0.2, 0.25) is 0 Å². The molecule has 132 valence electrons. The van der Waals surface area contributed by atoms with Crippen LogP contribution in [0.5, 0.6) is 0 Å². The van der Waals surface area contributed by atoms with E-state index in [1.165, 1.54) is 5.56 Å². The topological polar surface area (TPSA) is 54.0 Å². The molecule has 3 aromatic rings. The first-order valence-corrected chi connectivity index (χ1v) is 8.79. The highest BCUT2D eigenvalue weighted by Gasteiger charge is 2.07. The van der Waals surface area contributed by atoms with E-state index in [9.17, 15) is 4.79 Å². The van der Waals surface area contributed by atoms with Gasteiger partial charge < -0.3 is 10.6 Å². The maximum absolute atomic E-state index is 12.3. The summed E-state index contributed by atoms with van der Waals surface area (Å²) in [5, 5.41) is 6.89. The second-order valence-electron chi connectivity index (χ2n) is 6.09. The first kappa shape index (κ1) is 18.0. The van der Waals surface area contributed by atoms with E-state index in [0.717, 1.165) is 23.4 Å². The molecule has 0 saturated heterocycles. The number of carbonyl (C=O) groups is 1. The third kappa shape index (κ3) is 5.07. The average Bonchev–Trinajstić information content (AvgIpc) is 2.65. The number of anilines is 2. The number of aromatic nitrogens is 1. The van der Waals surface area contributed by atoms with Crippen molar-refractivity contribution in [2.45, 2.75) is 13.3 Å². The number of amides is 1. The SMILES string of the molecule is Cc1ccc(Nc2cncc(C(=O)NCCc3ccc(Cl)cc3)c2)cc1. The maximum atomic E-state index is 12.3. The van der Waals surface area contributed by atoms with Gasteiger partial charge in [-0.1, -0.05) is 41.4 Å². The van der Waals surface area contributed by atoms with Gasteiger partial charge in [-0.3, -0.25) is 9.78 Å². The second-order valence-corrected chi connectivity index (χ2v) is 6.52. The Kier molecular flexibility index (Phi) is 5.87. The average molecular weight is 366 g/mol. The van der Waals surface area contributed by atoms with Gasteiger partial charge in [0.1, 0.15) is 0 Å². The number of rotatable bonds is 6. The molecule has 1 aromatic heterocycles. The van der Waals surface area contributed by atoms with Crippen LogP contribution in [-0.2, 0) is 6.42 Å². The molecule has 0 radical (unpaired) electrons. The van der Waals surface area contributed by atoms with E-state index in [0.29, 0.717) is 17.1 Å². The third-order valence-corrected chi connectivity index (χ3v) is 4.21. The quantitative estimate of drug-likeness (QED) is 0.662. The zero-order chi connectivity index (χ0) is 18.4. The molecular formula is C21H20ClN3O. The minimum absolute atomic E-state index is 0.140. The predicted molar refractivity (Wildman–Crippen MR) is 106 cm³/mol. The number of hydrogen-bond donors (Lipinski definition) is 2. The number of nitrogens with zero attached hydrogens (tertiary/aromatic N) is 1. The van der Waals surface area contributed by atoms with Gasteiger partial charge in [0, 0.05) is 23.5 Å². The Bertz CT molecular complexity index is 877. The fraction of sp³-hybridized carbons (Fsp3) is 0.143. The highest BCUT2D eigenvalue weighted by molar-refractivity contribution is 6.30. The Balaban J connectivity index is 1.57. The van der Waals surface area contributed by atoms with Crippen molar-refractivity contribution in [3.05, 3.63) is 88.7 Å². The highest BCUT2D eigenvalue weighted by atomic mass is 35.5. The van der Waals surface area contributed by atoms with Crippen molar-refractivity contribution in [2.75, 3.05) is 11.9 Å². The van der Waals surface area contributed by atoms with Gasteiger partial charge in [-0.05, 0) is 49.2 Å². The molecule has 3 rings (SSSR count). The Labute approximate surface area is 158 Å². The number of carbonyl (C=O) groups excluding carboxylic acids is 1. The molecular weight excluding hydrogens is 346 g/mol. The zero-order valence-electron chi connectivity index (χ0n) is 14.5. The molecule has 5 heteroatoms. The lowest BCUT2D eigenvalue weighted by molar-refractivity contribution is 0.0954. The molecule has 1 heterocycles. The number of benzene rings is 2. The Morgan fingerprint density at radius 3 is 2.46 bits per heavy atom. The Morgan fingerprint density at radius 1 is 1.00 bits per heavy atom. The van der Waals surface area contributed by atoms with Crippen LogP contribution in [0.3, 0.4) is 0 Å². The molecule has 0 saturated carbocycles. The molecule has 0 spiro atoms. The molecule has 4 nitrogen and oxygen atoms in total. The van der Waals surface area contributed by atoms with Crippen LogP contribution in [0.15, 0.2) is 67.0 Å². The minimum atomic E-state index is -0.140. The van der Waals surface area contributed by atoms with Gasteiger partial charge in [-0.2, -0.15) is 0 Å². The van der Waals surface area contributed by atoms with E-state index >= 15 is 0 Å². The molecule has 0 atom stereocenters. The summed E-state index contributed by atoms with van der Waals surface area (Å²) < 4.78 is 0. The number of pyridine rings is 1. The van der Waals surface area contributed by atoms with E-state index in [-0.39, 0.29) is 5.91 Å². The first-order chi connectivity index (χ1) is 12.6. The molecule has 0 fully saturated rings. The van der Waals surface area contributed by atoms with Crippen LogP contribution in [0.4, 0.5) is 11.4 Å². The van der Waals surface area contributed by atoms with Crippen LogP contribution in [0.1, 0.15) is 21.5 Å². The summed E-state index contributed by atoms with van der Waals surface area (Å²) in [6.07, 6.45) is 4.01. The largest absolute Gasteiger partial charge is 0.354 e. The van der Waals surface area contributed by atoms with Crippen molar-refractivity contribution < 1.29 is 4.79 Å². The molecule has 0 aliphatic carbocycles. The summed E-state index contributed by atoms with van der Waals surface area (Å²) >= 11 is 5.87. The number of aryl methyl sites for hydroxylation is 1. The van der Waals surface area contributed by atoms with Crippen molar-refractivity contribution in [2.24, 2.45) is 0 Å². The van der Waals surface area contributed by atoms with E-state index in [1.807, 2.05) is 55.5 Å². The molecule has 1 amide bonds. The van der Waals surface area contributed by atoms with Crippen molar-refractivity contribution in [3.63, 3.8) is 0 Å². The number of halogens is 1. The minimum Gasteiger partial charge on any atom is -0.354 e. The molecule has 0 unspecified atom stereocenters. The zero-order valence-corrected chi connectivity index (χ0v) is 15.3. The smallest absolute Gasteiger partial charge is 0.252 e. The van der Waals surface area contributed by atoms with Crippen molar-refractivity contribution in [1.29, 1.82) is 0 Å². The molecule has 0 aliphatic rings. The number of nitrogens with one attached hydrogen (secondary N) is 2. The van der Waals surface area contributed by atoms with Gasteiger partial charge in [0.25, 0.3) is 5.91 Å². The van der Waals surface area contributed by atoms with Gasteiger partial charge >= 0.3 is 0 Å². The Hall–Kier alpha value is -2.85. The standard InChI is InChI=1S/C21H20ClN3O/c1-15-2-8-19(9-3-15)25-20-12-17(13-23-14-20)21(26)24-11-10-16-4-6-18(22)7-5-16/h2-9,12-14,25H,10-11H2,1H3,(H,24,26). The van der Waals surface area contributed by atoms with Crippen LogP contribution in [-0.4, -0.2) is 17.4 Å². The fourth-order valence-corrected chi connectivity index (χ4v) is 2.64. The maximum Gasteiger partial charge on any atom is 0.252 e. The van der Waals surface area contributed by atoms with Crippen LogP contribution >= 0.6 is 11.6 Å². The van der Waals surface area contributed by atoms with Gasteiger partial charge in [0.15, 0.2) is 0 Å². The monoisotopic (exact) mass is 365 g/mol. The van der Waals surface area contributed by atoms with Gasteiger partial charge in [-0.25, -0.2) is 0 Å². The van der Waals surface area contributed by atoms with Crippen LogP contribution in [0.2, 0.25) is 5.02 Å². The van der Waals surface area contributed by atoms with Crippen molar-refractivity contribution in [1.82, 2.24) is 10.3 Å². The lowest BCUT2D eigenvalue weighted by Crippen LogP contribution is -2.25. The summed E-state index contributed by atoms with van der Waals surface area (Å²) in [6.45, 7) is 2.59. The summed E-state index contributed by atoms with van der Waals surface area (Å²) in [5.41, 5.74) is 4.58. The van der Waals surface area contributed by atoms with Crippen molar-refractivity contribution in [3.8, 4) is 0 Å². The van der Waals surface area contributed by atoms with E-state index < -0.39 is 0 Å². The third-order valence-electron chi connectivity index (χ3n) is 3.95. The molecule has 26 heavy (non-hydrogen) atoms. The summed E-state index contributed by atoms with van der Waals surface area (Å²) in [4.78, 5) is 16.5. The second kappa shape index (κ2) is 8.50. The van der Waals surface area contributed by atoms with E-state index in [2.05, 4.69) is 15.6 Å². The van der Waals surface area contributed by atoms with E-state index in [4.69, 9.17) is 11.6 Å². The Morgan fingerprint density at radius 2 is 1.73 bits per heavy atom. The molecule has 2 N–H and O–H groups in total. The lowest BCUT2D eigenvalue weighted by atomic mass is 10.1. The summed E-state index contributed by atoms with van der Waals surface area (Å²) in [6, 6.07) is 17.5. The van der Waals surface area contributed by atoms with Gasteiger partial charge in [0.05, 0.1) is 17.4 Å². The van der Waals surface area contributed by atoms with Crippen molar-refractivity contribution >= 4 is 28.9 Å². The van der Waals surface area contributed by atoms with E-state index in [1.54, 1.807) is 18.5 Å². The van der Waals surface area contributed by atoms with Gasteiger partial charge in [-0.15, -0.1) is 0 Å². The first-order valence-electron chi connectivity index (χ1n) is 8.41. The molecule has 0 aliphatic heterocycles. The molecule has 2 aromatic carbocycles. The fourth-order valence-electron chi connectivity index (χ4n) is 2.51. The van der Waals surface area contributed by atoms with Crippen LogP contribution in [0.25, 0.3) is 0 Å². The van der Waals surface area contributed by atoms with Crippen LogP contribution in [0, 0.1) is 6.92 Å². The normalized spacial score (nSPS) is 10.4. The summed E-state index contributed by atoms with van der Waals surface area (Å²) in [7, 11) is 0. The highest BCUT2D eigenvalue weighted by Crippen LogP contribution is 2.17. The number of hydrogen-bond acceptors (Lipinski definition) is 3. The lowest BCUT2D eigenvalue weighted by Gasteiger charge is -2.09. The molecule has 0 bridgehead atoms. The van der Waals surface area contributed by atoms with Crippen LogP contribution < -0.4 is 10.6 Å². The predicted octanol–water partition coefficient (Wildman–Crippen LogP) is 4.76.